The molecular formula is C46H56N2O10. The highest BCUT2D eigenvalue weighted by Gasteiger charge is 2.27. The van der Waals surface area contributed by atoms with Crippen LogP contribution in [0, 0.1) is 11.8 Å². The Morgan fingerprint density at radius 2 is 1.28 bits per heavy atom. The van der Waals surface area contributed by atoms with Crippen LogP contribution in [-0.2, 0) is 27.1 Å². The van der Waals surface area contributed by atoms with Crippen LogP contribution < -0.4 is 5.32 Å². The number of ether oxygens (including phenoxy) is 2. The number of nitrogens with one attached hydrogen (secondary N) is 1. The van der Waals surface area contributed by atoms with Gasteiger partial charge in [0.1, 0.15) is 34.8 Å². The fraction of sp³-hybridized carbons (Fsp3) is 0.391. The third-order valence-electron chi connectivity index (χ3n) is 10.1. The van der Waals surface area contributed by atoms with E-state index in [0.717, 1.165) is 11.3 Å². The molecule has 4 rings (SSSR count). The molecule has 5 N–H and O–H groups in total. The summed E-state index contributed by atoms with van der Waals surface area (Å²) >= 11 is 0. The predicted molar refractivity (Wildman–Crippen MR) is 221 cm³/mol. The average molecular weight is 797 g/mol. The first kappa shape index (κ1) is 45.0. The van der Waals surface area contributed by atoms with Gasteiger partial charge in [0, 0.05) is 44.2 Å². The van der Waals surface area contributed by atoms with Crippen LogP contribution >= 0.6 is 0 Å². The first-order chi connectivity index (χ1) is 27.9. The number of urea groups is 1. The quantitative estimate of drug-likeness (QED) is 0.0738. The molecule has 1 unspecified atom stereocenters. The molecule has 0 aromatic heterocycles. The number of hydrogen-bond donors (Lipinski definition) is 5. The van der Waals surface area contributed by atoms with Gasteiger partial charge in [0.25, 0.3) is 5.91 Å². The van der Waals surface area contributed by atoms with Crippen molar-refractivity contribution in [2.75, 3.05) is 0 Å². The second kappa shape index (κ2) is 22.9. The summed E-state index contributed by atoms with van der Waals surface area (Å²) in [6.07, 6.45) is 19.2. The Balaban J connectivity index is 1.51. The summed E-state index contributed by atoms with van der Waals surface area (Å²) < 4.78 is 11.6. The summed E-state index contributed by atoms with van der Waals surface area (Å²) in [5.74, 6) is -2.87. The molecule has 2 aliphatic heterocycles. The molecule has 0 bridgehead atoms. The molecule has 0 saturated heterocycles. The van der Waals surface area contributed by atoms with Crippen LogP contribution in [0.2, 0.25) is 0 Å². The Hall–Kier alpha value is -5.72. The van der Waals surface area contributed by atoms with E-state index in [1.165, 1.54) is 42.8 Å². The van der Waals surface area contributed by atoms with Gasteiger partial charge in [-0.2, -0.15) is 0 Å². The topological polar surface area (TPSA) is 183 Å². The van der Waals surface area contributed by atoms with Gasteiger partial charge in [-0.3, -0.25) is 4.79 Å². The van der Waals surface area contributed by atoms with Crippen molar-refractivity contribution in [2.24, 2.45) is 11.8 Å². The Bertz CT molecular complexity index is 1910. The van der Waals surface area contributed by atoms with Crippen LogP contribution in [-0.4, -0.2) is 73.6 Å². The van der Waals surface area contributed by atoms with Crippen molar-refractivity contribution < 1.29 is 49.1 Å². The summed E-state index contributed by atoms with van der Waals surface area (Å²) in [7, 11) is 0. The summed E-state index contributed by atoms with van der Waals surface area (Å²) in [6, 6.07) is 8.79. The number of esters is 2. The molecule has 6 atom stereocenters. The molecule has 2 aromatic carbocycles. The number of benzene rings is 2. The first-order valence-electron chi connectivity index (χ1n) is 19.9. The number of phenolic OH excluding ortho intramolecular Hbond substituents is 2. The molecule has 0 radical (unpaired) electrons. The zero-order chi connectivity index (χ0) is 42.0. The number of fused-ring (bicyclic) bond motifs is 2. The number of phenols is 2. The number of amides is 3. The van der Waals surface area contributed by atoms with Crippen LogP contribution in [0.25, 0.3) is 0 Å². The molecule has 2 aromatic rings. The van der Waals surface area contributed by atoms with Crippen LogP contribution in [0.5, 0.6) is 11.5 Å². The van der Waals surface area contributed by atoms with E-state index in [4.69, 9.17) is 9.47 Å². The maximum Gasteiger partial charge on any atom is 0.342 e. The highest BCUT2D eigenvalue weighted by atomic mass is 16.5. The minimum absolute atomic E-state index is 0.0307. The average Bonchev–Trinajstić information content (AvgIpc) is 3.18. The molecule has 3 amide bonds. The van der Waals surface area contributed by atoms with Crippen molar-refractivity contribution in [3.63, 3.8) is 0 Å². The fourth-order valence-corrected chi connectivity index (χ4v) is 6.56. The Morgan fingerprint density at radius 3 is 1.79 bits per heavy atom. The van der Waals surface area contributed by atoms with Crippen molar-refractivity contribution >= 4 is 23.9 Å². The van der Waals surface area contributed by atoms with E-state index in [2.05, 4.69) is 5.32 Å². The van der Waals surface area contributed by atoms with Crippen molar-refractivity contribution in [3.05, 3.63) is 132 Å². The highest BCUT2D eigenvalue weighted by molar-refractivity contribution is 6.01. The van der Waals surface area contributed by atoms with Crippen LogP contribution in [0.3, 0.4) is 0 Å². The lowest BCUT2D eigenvalue weighted by atomic mass is 9.93. The molecule has 58 heavy (non-hydrogen) atoms. The van der Waals surface area contributed by atoms with Gasteiger partial charge in [-0.1, -0.05) is 99.7 Å². The van der Waals surface area contributed by atoms with Gasteiger partial charge in [-0.05, 0) is 67.2 Å². The number of aromatic hydroxyl groups is 2. The molecule has 12 heteroatoms. The number of carbonyl (C=O) groups excluding carboxylic acids is 4. The Kier molecular flexibility index (Phi) is 17.7. The third kappa shape index (κ3) is 13.5. The second-order valence-electron chi connectivity index (χ2n) is 14.7. The number of nitrogens with zero attached hydrogens (tertiary/aromatic N) is 1. The van der Waals surface area contributed by atoms with E-state index in [-0.39, 0.29) is 60.1 Å². The van der Waals surface area contributed by atoms with E-state index in [1.54, 1.807) is 36.4 Å². The SMILES string of the molecule is CCC=CC=CC(=O)N(C=CC[C@H]1C[C@@H](O)[C@@H](C)CC=CCc2cccc(O)c2C(=O)O1)C(=O)NC=CCC1C[C@@H](O)[C@@H](C)CC=CCc2cccc(O)c2C(=O)O1. The lowest BCUT2D eigenvalue weighted by molar-refractivity contribution is -0.121. The highest BCUT2D eigenvalue weighted by Crippen LogP contribution is 2.28. The molecule has 310 valence electrons. The Morgan fingerprint density at radius 1 is 0.759 bits per heavy atom. The van der Waals surface area contributed by atoms with E-state index in [9.17, 15) is 39.6 Å². The van der Waals surface area contributed by atoms with E-state index in [1.807, 2.05) is 51.2 Å². The van der Waals surface area contributed by atoms with Gasteiger partial charge >= 0.3 is 18.0 Å². The van der Waals surface area contributed by atoms with Crippen LogP contribution in [0.4, 0.5) is 4.79 Å². The molecule has 0 spiro atoms. The minimum Gasteiger partial charge on any atom is -0.507 e. The van der Waals surface area contributed by atoms with Gasteiger partial charge in [0.2, 0.25) is 0 Å². The van der Waals surface area contributed by atoms with Gasteiger partial charge in [0.05, 0.1) is 12.2 Å². The predicted octanol–water partition coefficient (Wildman–Crippen LogP) is 7.50. The number of imide groups is 1. The normalized spacial score (nSPS) is 23.6. The smallest absolute Gasteiger partial charge is 0.342 e. The van der Waals surface area contributed by atoms with Crippen molar-refractivity contribution in [1.29, 1.82) is 0 Å². The molecule has 0 fully saturated rings. The number of aliphatic hydroxyl groups is 2. The molecule has 2 heterocycles. The van der Waals surface area contributed by atoms with Crippen molar-refractivity contribution in [2.45, 2.75) is 103 Å². The number of cyclic esters (lactones) is 2. The number of aliphatic hydroxyl groups excluding tert-OH is 2. The number of carbonyl (C=O) groups is 4. The lowest BCUT2D eigenvalue weighted by Crippen LogP contribution is -2.37. The monoisotopic (exact) mass is 796 g/mol. The number of allylic oxidation sites excluding steroid dienone is 7. The second-order valence-corrected chi connectivity index (χ2v) is 14.7. The lowest BCUT2D eigenvalue weighted by Gasteiger charge is -2.25. The van der Waals surface area contributed by atoms with Gasteiger partial charge < -0.3 is 35.2 Å². The molecule has 2 aliphatic rings. The van der Waals surface area contributed by atoms with Gasteiger partial charge in [-0.25, -0.2) is 19.3 Å². The van der Waals surface area contributed by atoms with Crippen LogP contribution in [0.15, 0.2) is 110 Å². The zero-order valence-corrected chi connectivity index (χ0v) is 33.4. The molecule has 0 aliphatic carbocycles. The standard InChI is InChI=1S/C46H56N2O10/c1-4-5-6-7-26-41(53)48(28-15-23-36-30-40(52)32(3)17-9-11-19-34-21-13-25-38(50)43(34)45(55)58-36)46(56)47-27-14-22-35-29-39(51)31(2)16-8-10-18-33-20-12-24-37(49)42(33)44(54)57-35/h5-15,20-21,24-28,31-32,35-36,39-40,49-52H,4,16-19,22-23,29-30H2,1-3H3,(H,47,56)/t31-,32-,35?,36-,39+,40+/m0/s1. The summed E-state index contributed by atoms with van der Waals surface area (Å²) in [4.78, 5) is 54.3. The fourth-order valence-electron chi connectivity index (χ4n) is 6.56. The summed E-state index contributed by atoms with van der Waals surface area (Å²) in [5.41, 5.74) is 1.28. The molecule has 12 nitrogen and oxygen atoms in total. The largest absolute Gasteiger partial charge is 0.507 e. The van der Waals surface area contributed by atoms with E-state index >= 15 is 0 Å². The van der Waals surface area contributed by atoms with Crippen molar-refractivity contribution in [3.8, 4) is 11.5 Å². The number of rotatable bonds is 9. The van der Waals surface area contributed by atoms with E-state index < -0.39 is 48.3 Å². The zero-order valence-electron chi connectivity index (χ0n) is 33.4. The molecule has 0 saturated carbocycles. The van der Waals surface area contributed by atoms with Crippen molar-refractivity contribution in [1.82, 2.24) is 10.2 Å². The number of hydrogen-bond acceptors (Lipinski definition) is 10. The van der Waals surface area contributed by atoms with Crippen LogP contribution in [0.1, 0.15) is 97.6 Å². The van der Waals surface area contributed by atoms with Gasteiger partial charge in [-0.15, -0.1) is 0 Å². The third-order valence-corrected chi connectivity index (χ3v) is 10.1. The molecular weight excluding hydrogens is 741 g/mol. The maximum absolute atomic E-state index is 13.5. The Labute approximate surface area is 340 Å². The maximum atomic E-state index is 13.5. The van der Waals surface area contributed by atoms with Gasteiger partial charge in [0.15, 0.2) is 0 Å². The summed E-state index contributed by atoms with van der Waals surface area (Å²) in [6.45, 7) is 5.73. The first-order valence-corrected chi connectivity index (χ1v) is 19.9. The summed E-state index contributed by atoms with van der Waals surface area (Å²) in [5, 5.41) is 45.5. The van der Waals surface area contributed by atoms with E-state index in [0.29, 0.717) is 36.8 Å². The minimum atomic E-state index is -0.864.